The normalized spacial score (nSPS) is 11.6. The lowest BCUT2D eigenvalue weighted by Gasteiger charge is -2.26. The number of furan rings is 1. The fourth-order valence-electron chi connectivity index (χ4n) is 9.40. The number of para-hydroxylation sites is 4. The molecule has 0 saturated heterocycles. The monoisotopic (exact) mass is 778 g/mol. The first-order valence-corrected chi connectivity index (χ1v) is 20.8. The quantitative estimate of drug-likeness (QED) is 0.161. The molecule has 0 aliphatic carbocycles. The van der Waals surface area contributed by atoms with Gasteiger partial charge in [-0.1, -0.05) is 152 Å². The van der Waals surface area contributed by atoms with Crippen LogP contribution in [0, 0.1) is 0 Å². The molecule has 0 amide bonds. The molecule has 2 heterocycles. The van der Waals surface area contributed by atoms with Crippen LogP contribution in [0.15, 0.2) is 235 Å². The van der Waals surface area contributed by atoms with Crippen molar-refractivity contribution in [2.45, 2.75) is 0 Å². The Morgan fingerprint density at radius 2 is 0.869 bits per heavy atom. The van der Waals surface area contributed by atoms with Crippen LogP contribution in [0.3, 0.4) is 0 Å². The maximum absolute atomic E-state index is 6.64. The zero-order chi connectivity index (χ0) is 40.3. The molecule has 61 heavy (non-hydrogen) atoms. The Hall–Kier alpha value is -8.14. The second-order valence-electron chi connectivity index (χ2n) is 15.7. The molecule has 0 atom stereocenters. The predicted molar refractivity (Wildman–Crippen MR) is 257 cm³/mol. The molecule has 0 saturated carbocycles. The summed E-state index contributed by atoms with van der Waals surface area (Å²) in [6.45, 7) is 0. The molecule has 0 aliphatic rings. The van der Waals surface area contributed by atoms with E-state index in [1.807, 2.05) is 6.07 Å². The Bertz CT molecular complexity index is 3550. The Balaban J connectivity index is 1.03. The number of hydrogen-bond donors (Lipinski definition) is 0. The van der Waals surface area contributed by atoms with Gasteiger partial charge in [0.05, 0.1) is 11.0 Å². The van der Waals surface area contributed by atoms with E-state index in [0.29, 0.717) is 0 Å². The lowest BCUT2D eigenvalue weighted by atomic mass is 9.90. The molecule has 0 N–H and O–H groups in total. The minimum atomic E-state index is 0.891. The summed E-state index contributed by atoms with van der Waals surface area (Å²) in [6.07, 6.45) is 0. The molecule has 0 unspecified atom stereocenters. The summed E-state index contributed by atoms with van der Waals surface area (Å²) in [7, 11) is 0. The van der Waals surface area contributed by atoms with Gasteiger partial charge in [0.1, 0.15) is 11.2 Å². The maximum atomic E-state index is 6.64. The maximum Gasteiger partial charge on any atom is 0.136 e. The number of hydrogen-bond acceptors (Lipinski definition) is 2. The standard InChI is InChI=1S/C58H38N2O/c1-4-15-39(16-5-1)40-27-32-45(33-28-40)59(43-17-6-2-7-18-43)46-34-29-41(30-35-46)42-31-36-48-51(37-42)52(38-56-58(48)50-22-11-13-26-55(50)61-56)47-23-14-25-54-57(47)49-21-10-12-24-53(49)60(54)44-19-8-3-9-20-44/h1-38H. The van der Waals surface area contributed by atoms with E-state index in [0.717, 1.165) is 61.4 Å². The van der Waals surface area contributed by atoms with Gasteiger partial charge in [0.15, 0.2) is 0 Å². The third-order valence-electron chi connectivity index (χ3n) is 12.2. The van der Waals surface area contributed by atoms with Crippen LogP contribution in [-0.2, 0) is 0 Å². The first-order valence-electron chi connectivity index (χ1n) is 20.8. The van der Waals surface area contributed by atoms with Crippen LogP contribution in [0.25, 0.3) is 93.6 Å². The predicted octanol–water partition coefficient (Wildman–Crippen LogP) is 16.3. The fourth-order valence-corrected chi connectivity index (χ4v) is 9.40. The van der Waals surface area contributed by atoms with Crippen molar-refractivity contribution in [3.05, 3.63) is 231 Å². The summed E-state index contributed by atoms with van der Waals surface area (Å²) in [5.74, 6) is 0. The van der Waals surface area contributed by atoms with E-state index in [1.54, 1.807) is 0 Å². The van der Waals surface area contributed by atoms with Gasteiger partial charge in [-0.15, -0.1) is 0 Å². The number of anilines is 3. The van der Waals surface area contributed by atoms with Gasteiger partial charge >= 0.3 is 0 Å². The van der Waals surface area contributed by atoms with Crippen molar-refractivity contribution < 1.29 is 4.42 Å². The average Bonchev–Trinajstić information content (AvgIpc) is 3.89. The topological polar surface area (TPSA) is 21.3 Å². The summed E-state index contributed by atoms with van der Waals surface area (Å²) in [6, 6.07) is 82.8. The number of rotatable bonds is 7. The zero-order valence-corrected chi connectivity index (χ0v) is 33.2. The van der Waals surface area contributed by atoms with Crippen molar-refractivity contribution in [1.82, 2.24) is 4.57 Å². The second-order valence-corrected chi connectivity index (χ2v) is 15.7. The lowest BCUT2D eigenvalue weighted by molar-refractivity contribution is 0.669. The first kappa shape index (κ1) is 34.9. The van der Waals surface area contributed by atoms with Gasteiger partial charge in [-0.3, -0.25) is 0 Å². The molecule has 10 aromatic carbocycles. The van der Waals surface area contributed by atoms with Crippen LogP contribution in [0.4, 0.5) is 17.1 Å². The van der Waals surface area contributed by atoms with Gasteiger partial charge in [-0.05, 0) is 123 Å². The molecule has 3 heteroatoms. The SMILES string of the molecule is c1ccc(-c2ccc(N(c3ccccc3)c3ccc(-c4ccc5c(c4)c(-c4cccc6c4c4ccccc4n6-c4ccccc4)cc4oc6ccccc6c45)cc3)cc2)cc1. The molecule has 0 bridgehead atoms. The Kier molecular flexibility index (Phi) is 8.17. The molecule has 3 nitrogen and oxygen atoms in total. The van der Waals surface area contributed by atoms with Gasteiger partial charge in [-0.25, -0.2) is 0 Å². The molecular formula is C58H38N2O. The summed E-state index contributed by atoms with van der Waals surface area (Å²) in [5, 5.41) is 7.09. The minimum Gasteiger partial charge on any atom is -0.456 e. The van der Waals surface area contributed by atoms with Gasteiger partial charge < -0.3 is 13.9 Å². The highest BCUT2D eigenvalue weighted by atomic mass is 16.3. The van der Waals surface area contributed by atoms with Crippen molar-refractivity contribution >= 4 is 71.6 Å². The second kappa shape index (κ2) is 14.3. The highest BCUT2D eigenvalue weighted by molar-refractivity contribution is 6.25. The largest absolute Gasteiger partial charge is 0.456 e. The van der Waals surface area contributed by atoms with E-state index >= 15 is 0 Å². The number of fused-ring (bicyclic) bond motifs is 8. The van der Waals surface area contributed by atoms with Crippen LogP contribution in [-0.4, -0.2) is 4.57 Å². The molecule has 0 radical (unpaired) electrons. The molecule has 2 aromatic heterocycles. The van der Waals surface area contributed by atoms with E-state index in [1.165, 1.54) is 49.3 Å². The molecule has 0 fully saturated rings. The fraction of sp³-hybridized carbons (Fsp3) is 0. The molecule has 0 aliphatic heterocycles. The molecule has 12 rings (SSSR count). The van der Waals surface area contributed by atoms with Gasteiger partial charge in [0.2, 0.25) is 0 Å². The third-order valence-corrected chi connectivity index (χ3v) is 12.2. The van der Waals surface area contributed by atoms with Crippen LogP contribution < -0.4 is 4.90 Å². The summed E-state index contributed by atoms with van der Waals surface area (Å²) in [5.41, 5.74) is 15.6. The Morgan fingerprint density at radius 1 is 0.311 bits per heavy atom. The van der Waals surface area contributed by atoms with Crippen molar-refractivity contribution in [2.24, 2.45) is 0 Å². The van der Waals surface area contributed by atoms with E-state index in [2.05, 4.69) is 234 Å². The zero-order valence-electron chi connectivity index (χ0n) is 33.2. The van der Waals surface area contributed by atoms with Crippen LogP contribution in [0.5, 0.6) is 0 Å². The smallest absolute Gasteiger partial charge is 0.136 e. The Morgan fingerprint density at radius 3 is 1.61 bits per heavy atom. The van der Waals surface area contributed by atoms with Crippen LogP contribution in [0.1, 0.15) is 0 Å². The number of nitrogens with zero attached hydrogens (tertiary/aromatic N) is 2. The van der Waals surface area contributed by atoms with Gasteiger partial charge in [0.25, 0.3) is 0 Å². The molecular weight excluding hydrogens is 741 g/mol. The van der Waals surface area contributed by atoms with E-state index < -0.39 is 0 Å². The first-order chi connectivity index (χ1) is 30.3. The summed E-state index contributed by atoms with van der Waals surface area (Å²) >= 11 is 0. The van der Waals surface area contributed by atoms with Crippen molar-refractivity contribution in [3.63, 3.8) is 0 Å². The van der Waals surface area contributed by atoms with Crippen molar-refractivity contribution in [1.29, 1.82) is 0 Å². The summed E-state index contributed by atoms with van der Waals surface area (Å²) < 4.78 is 9.03. The van der Waals surface area contributed by atoms with E-state index in [9.17, 15) is 0 Å². The van der Waals surface area contributed by atoms with Gasteiger partial charge in [-0.2, -0.15) is 0 Å². The highest BCUT2D eigenvalue weighted by Crippen LogP contribution is 2.46. The number of benzene rings is 10. The highest BCUT2D eigenvalue weighted by Gasteiger charge is 2.21. The molecule has 0 spiro atoms. The van der Waals surface area contributed by atoms with Crippen LogP contribution in [0.2, 0.25) is 0 Å². The van der Waals surface area contributed by atoms with Crippen molar-refractivity contribution in [3.8, 4) is 39.1 Å². The third kappa shape index (κ3) is 5.82. The van der Waals surface area contributed by atoms with Crippen molar-refractivity contribution in [2.75, 3.05) is 4.90 Å². The number of aromatic nitrogens is 1. The van der Waals surface area contributed by atoms with Gasteiger partial charge in [0, 0.05) is 44.3 Å². The lowest BCUT2D eigenvalue weighted by Crippen LogP contribution is -2.09. The molecule has 12 aromatic rings. The van der Waals surface area contributed by atoms with Crippen LogP contribution >= 0.6 is 0 Å². The molecule has 286 valence electrons. The summed E-state index contributed by atoms with van der Waals surface area (Å²) in [4.78, 5) is 2.32. The van der Waals surface area contributed by atoms with E-state index in [4.69, 9.17) is 4.42 Å². The average molecular weight is 779 g/mol. The Labute approximate surface area is 353 Å². The minimum absolute atomic E-state index is 0.891. The van der Waals surface area contributed by atoms with E-state index in [-0.39, 0.29) is 0 Å².